The second-order valence-corrected chi connectivity index (χ2v) is 5.93. The number of thiocarbonyl (C=S) groups is 1. The number of amides is 1. The summed E-state index contributed by atoms with van der Waals surface area (Å²) in [6.07, 6.45) is -6.41. The summed E-state index contributed by atoms with van der Waals surface area (Å²) in [4.78, 5) is 12.7. The molecule has 0 aromatic heterocycles. The minimum atomic E-state index is -4.75. The lowest BCUT2D eigenvalue weighted by Gasteiger charge is -2.26. The van der Waals surface area contributed by atoms with Crippen molar-refractivity contribution in [2.24, 2.45) is 0 Å². The third-order valence-electron chi connectivity index (χ3n) is 3.95. The molecular formula is C15H16F4N2O4S. The summed E-state index contributed by atoms with van der Waals surface area (Å²) in [7, 11) is 2.24. The molecule has 11 heteroatoms. The topological polar surface area (TPSA) is 71.0 Å². The number of carbonyl (C=O) groups is 1. The maximum Gasteiger partial charge on any atom is 0.420 e. The second-order valence-electron chi connectivity index (χ2n) is 5.54. The molecule has 1 fully saturated rings. The van der Waals surface area contributed by atoms with Crippen molar-refractivity contribution >= 4 is 23.1 Å². The first-order valence-corrected chi connectivity index (χ1v) is 7.77. The lowest BCUT2D eigenvalue weighted by molar-refractivity contribution is -0.139. The highest BCUT2D eigenvalue weighted by Gasteiger charge is 2.40. The van der Waals surface area contributed by atoms with Crippen molar-refractivity contribution in [1.82, 2.24) is 10.4 Å². The monoisotopic (exact) mass is 396 g/mol. The number of hydrogen-bond donors (Lipinski definition) is 2. The Morgan fingerprint density at radius 3 is 2.50 bits per heavy atom. The number of benzene rings is 1. The molecule has 0 unspecified atom stereocenters. The molecule has 0 bridgehead atoms. The van der Waals surface area contributed by atoms with Crippen molar-refractivity contribution in [3.63, 3.8) is 0 Å². The minimum absolute atomic E-state index is 0.0881. The molecule has 1 saturated heterocycles. The molecule has 26 heavy (non-hydrogen) atoms. The number of halogens is 4. The summed E-state index contributed by atoms with van der Waals surface area (Å²) in [5, 5.41) is 8.78. The van der Waals surface area contributed by atoms with E-state index in [9.17, 15) is 22.4 Å². The van der Waals surface area contributed by atoms with Crippen LogP contribution in [-0.2, 0) is 11.0 Å². The summed E-state index contributed by atoms with van der Waals surface area (Å²) in [5.74, 6) is -1.62. The Labute approximate surface area is 151 Å². The van der Waals surface area contributed by atoms with Gasteiger partial charge in [-0.15, -0.1) is 0 Å². The van der Waals surface area contributed by atoms with Crippen LogP contribution >= 0.6 is 12.2 Å². The SMILES string of the molecule is COc1cc(C(=S)N2C[C@@H](F)C[C@@H]2C(=O)NO)cc(C(F)(F)F)c1OC. The van der Waals surface area contributed by atoms with E-state index in [1.807, 2.05) is 0 Å². The average Bonchev–Trinajstić information content (AvgIpc) is 2.99. The zero-order valence-corrected chi connectivity index (χ0v) is 14.6. The van der Waals surface area contributed by atoms with Crippen LogP contribution in [0.1, 0.15) is 17.5 Å². The third kappa shape index (κ3) is 3.83. The highest BCUT2D eigenvalue weighted by Crippen LogP contribution is 2.43. The number of nitrogens with one attached hydrogen (secondary N) is 1. The third-order valence-corrected chi connectivity index (χ3v) is 4.43. The average molecular weight is 396 g/mol. The number of carbonyl (C=O) groups excluding carboxylic acids is 1. The summed E-state index contributed by atoms with van der Waals surface area (Å²) in [6.45, 7) is -0.285. The molecule has 0 saturated carbocycles. The van der Waals surface area contributed by atoms with Gasteiger partial charge >= 0.3 is 6.18 Å². The van der Waals surface area contributed by atoms with Crippen molar-refractivity contribution in [3.8, 4) is 11.5 Å². The molecule has 2 N–H and O–H groups in total. The molecule has 144 valence electrons. The first-order chi connectivity index (χ1) is 12.1. The fraction of sp³-hybridized carbons (Fsp3) is 0.467. The molecule has 1 aliphatic rings. The van der Waals surface area contributed by atoms with Gasteiger partial charge in [-0.2, -0.15) is 13.2 Å². The van der Waals surface area contributed by atoms with E-state index in [1.54, 1.807) is 0 Å². The lowest BCUT2D eigenvalue weighted by Crippen LogP contribution is -2.44. The number of methoxy groups -OCH3 is 2. The van der Waals surface area contributed by atoms with Gasteiger partial charge < -0.3 is 14.4 Å². The highest BCUT2D eigenvalue weighted by atomic mass is 32.1. The molecule has 6 nitrogen and oxygen atoms in total. The maximum atomic E-state index is 13.7. The Hall–Kier alpha value is -2.14. The summed E-state index contributed by atoms with van der Waals surface area (Å²) < 4.78 is 63.5. The number of rotatable bonds is 4. The van der Waals surface area contributed by atoms with E-state index in [0.717, 1.165) is 18.1 Å². The molecule has 0 spiro atoms. The van der Waals surface area contributed by atoms with Gasteiger partial charge in [0.05, 0.1) is 20.8 Å². The van der Waals surface area contributed by atoms with Crippen molar-refractivity contribution in [1.29, 1.82) is 0 Å². The summed E-state index contributed by atoms with van der Waals surface area (Å²) in [6, 6.07) is 0.837. The largest absolute Gasteiger partial charge is 0.493 e. The van der Waals surface area contributed by atoms with Crippen LogP contribution in [-0.4, -0.2) is 54.0 Å². The first kappa shape index (κ1) is 20.2. The van der Waals surface area contributed by atoms with Crippen molar-refractivity contribution in [3.05, 3.63) is 23.3 Å². The van der Waals surface area contributed by atoms with Crippen LogP contribution in [0.3, 0.4) is 0 Å². The van der Waals surface area contributed by atoms with Crippen LogP contribution in [0, 0.1) is 0 Å². The van der Waals surface area contributed by atoms with E-state index in [1.165, 1.54) is 18.7 Å². The predicted octanol–water partition coefficient (Wildman–Crippen LogP) is 2.32. The van der Waals surface area contributed by atoms with Gasteiger partial charge in [0.1, 0.15) is 22.8 Å². The van der Waals surface area contributed by atoms with Crippen LogP contribution in [0.5, 0.6) is 11.5 Å². The van der Waals surface area contributed by atoms with E-state index < -0.39 is 35.6 Å². The van der Waals surface area contributed by atoms with Crippen LogP contribution in [0.15, 0.2) is 12.1 Å². The van der Waals surface area contributed by atoms with Gasteiger partial charge in [-0.05, 0) is 12.1 Å². The zero-order chi connectivity index (χ0) is 19.6. The Kier molecular flexibility index (Phi) is 5.91. The van der Waals surface area contributed by atoms with Crippen LogP contribution in [0.4, 0.5) is 17.6 Å². The van der Waals surface area contributed by atoms with E-state index in [0.29, 0.717) is 0 Å². The Morgan fingerprint density at radius 2 is 2.00 bits per heavy atom. The van der Waals surface area contributed by atoms with Gasteiger partial charge in [0.2, 0.25) is 0 Å². The normalized spacial score (nSPS) is 20.0. The van der Waals surface area contributed by atoms with Crippen LogP contribution in [0.25, 0.3) is 0 Å². The van der Waals surface area contributed by atoms with Gasteiger partial charge in [-0.1, -0.05) is 12.2 Å². The number of hydrogen-bond acceptors (Lipinski definition) is 5. The quantitative estimate of drug-likeness (QED) is 0.352. The molecule has 0 aliphatic carbocycles. The molecule has 1 aromatic carbocycles. The molecule has 2 atom stereocenters. The van der Waals surface area contributed by atoms with Gasteiger partial charge in [-0.3, -0.25) is 10.0 Å². The summed E-state index contributed by atoms with van der Waals surface area (Å²) >= 11 is 5.18. The van der Waals surface area contributed by atoms with E-state index in [4.69, 9.17) is 26.9 Å². The Morgan fingerprint density at radius 1 is 1.35 bits per heavy atom. The molecule has 1 amide bonds. The number of ether oxygens (including phenoxy) is 2. The Balaban J connectivity index is 2.50. The number of nitrogens with zero attached hydrogens (tertiary/aromatic N) is 1. The number of likely N-dealkylation sites (tertiary alicyclic amines) is 1. The standard InChI is InChI=1S/C15H16F4N2O4S/c1-24-11-4-7(3-9(12(11)25-2)15(17,18)19)14(26)21-6-8(16)5-10(21)13(22)20-23/h3-4,8,10,23H,5-6H2,1-2H3,(H,20,22)/t8-,10+/m0/s1. The van der Waals surface area contributed by atoms with E-state index in [2.05, 4.69) is 0 Å². The molecule has 1 aromatic rings. The molecular weight excluding hydrogens is 380 g/mol. The van der Waals surface area contributed by atoms with Gasteiger partial charge in [0, 0.05) is 12.0 Å². The lowest BCUT2D eigenvalue weighted by atomic mass is 10.1. The van der Waals surface area contributed by atoms with Gasteiger partial charge in [0.25, 0.3) is 5.91 Å². The van der Waals surface area contributed by atoms with Crippen molar-refractivity contribution in [2.45, 2.75) is 24.8 Å². The number of alkyl halides is 4. The fourth-order valence-corrected chi connectivity index (χ4v) is 3.12. The van der Waals surface area contributed by atoms with Crippen molar-refractivity contribution in [2.75, 3.05) is 20.8 Å². The second kappa shape index (κ2) is 7.62. The molecule has 2 rings (SSSR count). The first-order valence-electron chi connectivity index (χ1n) is 7.36. The smallest absolute Gasteiger partial charge is 0.420 e. The van der Waals surface area contributed by atoms with Crippen LogP contribution in [0.2, 0.25) is 0 Å². The van der Waals surface area contributed by atoms with Gasteiger partial charge in [0.15, 0.2) is 11.5 Å². The zero-order valence-electron chi connectivity index (χ0n) is 13.8. The summed E-state index contributed by atoms with van der Waals surface area (Å²) in [5.41, 5.74) is 0.206. The van der Waals surface area contributed by atoms with Crippen LogP contribution < -0.4 is 15.0 Å². The van der Waals surface area contributed by atoms with Crippen molar-refractivity contribution < 1.29 is 37.0 Å². The number of hydroxylamine groups is 1. The molecule has 0 radical (unpaired) electrons. The predicted molar refractivity (Wildman–Crippen MR) is 86.2 cm³/mol. The van der Waals surface area contributed by atoms with Gasteiger partial charge in [-0.25, -0.2) is 9.87 Å². The Bertz CT molecular complexity index is 714. The highest BCUT2D eigenvalue weighted by molar-refractivity contribution is 7.80. The maximum absolute atomic E-state index is 13.7. The molecule has 1 aliphatic heterocycles. The minimum Gasteiger partial charge on any atom is -0.493 e. The molecule has 1 heterocycles. The van der Waals surface area contributed by atoms with E-state index >= 15 is 0 Å². The van der Waals surface area contributed by atoms with E-state index in [-0.39, 0.29) is 29.3 Å². The fourth-order valence-electron chi connectivity index (χ4n) is 2.80.